The molecule has 0 bridgehead atoms. The number of carbonyl (C=O) groups excluding carboxylic acids is 2. The van der Waals surface area contributed by atoms with E-state index < -0.39 is 5.97 Å². The Balaban J connectivity index is 1.50. The third kappa shape index (κ3) is 7.29. The van der Waals surface area contributed by atoms with Crippen LogP contribution >= 0.6 is 0 Å². The third-order valence-corrected chi connectivity index (χ3v) is 8.59. The fourth-order valence-electron chi connectivity index (χ4n) is 6.52. The first kappa shape index (κ1) is 31.8. The Hall–Kier alpha value is -5.20. The minimum Gasteiger partial charge on any atom is -0.462 e. The second kappa shape index (κ2) is 14.9. The van der Waals surface area contributed by atoms with Gasteiger partial charge in [-0.2, -0.15) is 0 Å². The Morgan fingerprint density at radius 1 is 0.915 bits per heavy atom. The standard InChI is InChI=1S/C41H40N2O4/c1-3-46-41(45)35-29-43(39(32-21-13-7-14-22-32)31-19-11-4-5-12-20-31)36-25-26-37(47-33-23-15-8-16-24-33)34(38(36)40(35)44)28-42(2)27-30-17-9-6-10-18-30/h4-19,21-24,26,29,36,39H,3,20,25,27-28H2,1-2H3. The number of ether oxygens (including phenoxy) is 2. The highest BCUT2D eigenvalue weighted by molar-refractivity contribution is 6.25. The van der Waals surface area contributed by atoms with E-state index in [1.807, 2.05) is 92.0 Å². The number of hydrogen-bond acceptors (Lipinski definition) is 6. The summed E-state index contributed by atoms with van der Waals surface area (Å²) in [6.45, 7) is 3.05. The normalized spacial score (nSPS) is 18.2. The molecular weight excluding hydrogens is 584 g/mol. The van der Waals surface area contributed by atoms with E-state index in [1.54, 1.807) is 13.1 Å². The summed E-state index contributed by atoms with van der Waals surface area (Å²) in [5.41, 5.74) is 4.78. The maximum absolute atomic E-state index is 14.6. The van der Waals surface area contributed by atoms with Crippen molar-refractivity contribution in [3.63, 3.8) is 0 Å². The Labute approximate surface area is 277 Å². The van der Waals surface area contributed by atoms with Crippen LogP contribution < -0.4 is 4.74 Å². The van der Waals surface area contributed by atoms with Gasteiger partial charge in [-0.25, -0.2) is 4.79 Å². The van der Waals surface area contributed by atoms with Crippen LogP contribution in [0.5, 0.6) is 5.75 Å². The summed E-state index contributed by atoms with van der Waals surface area (Å²) in [6, 6.07) is 29.6. The van der Waals surface area contributed by atoms with Crippen molar-refractivity contribution in [1.29, 1.82) is 0 Å². The molecule has 3 aromatic rings. The summed E-state index contributed by atoms with van der Waals surface area (Å²) in [5.74, 6) is 0.395. The molecule has 1 heterocycles. The van der Waals surface area contributed by atoms with Crippen molar-refractivity contribution >= 4 is 11.8 Å². The number of rotatable bonds is 11. The van der Waals surface area contributed by atoms with Crippen molar-refractivity contribution in [2.45, 2.75) is 38.4 Å². The zero-order chi connectivity index (χ0) is 32.6. The largest absolute Gasteiger partial charge is 0.462 e. The first-order valence-electron chi connectivity index (χ1n) is 16.2. The van der Waals surface area contributed by atoms with Crippen LogP contribution in [-0.4, -0.2) is 47.8 Å². The molecule has 6 heteroatoms. The van der Waals surface area contributed by atoms with Gasteiger partial charge in [0.15, 0.2) is 5.78 Å². The summed E-state index contributed by atoms with van der Waals surface area (Å²) >= 11 is 0. The lowest BCUT2D eigenvalue weighted by Gasteiger charge is -2.44. The Kier molecular flexibility index (Phi) is 10.1. The number of benzene rings is 3. The topological polar surface area (TPSA) is 59.1 Å². The van der Waals surface area contributed by atoms with Gasteiger partial charge in [0, 0.05) is 30.4 Å². The van der Waals surface area contributed by atoms with Crippen LogP contribution in [0.3, 0.4) is 0 Å². The second-order valence-electron chi connectivity index (χ2n) is 11.9. The molecule has 238 valence electrons. The van der Waals surface area contributed by atoms with Crippen molar-refractivity contribution in [2.75, 3.05) is 20.2 Å². The van der Waals surface area contributed by atoms with E-state index in [2.05, 4.69) is 52.3 Å². The number of likely N-dealkylation sites (N-methyl/N-ethyl adjacent to an activating group) is 1. The zero-order valence-corrected chi connectivity index (χ0v) is 26.9. The molecule has 0 spiro atoms. The highest BCUT2D eigenvalue weighted by atomic mass is 16.5. The molecule has 3 aromatic carbocycles. The highest BCUT2D eigenvalue weighted by Crippen LogP contribution is 2.43. The molecule has 0 saturated heterocycles. The van der Waals surface area contributed by atoms with Gasteiger partial charge < -0.3 is 14.4 Å². The summed E-state index contributed by atoms with van der Waals surface area (Å²) in [5, 5.41) is 0. The van der Waals surface area contributed by atoms with Gasteiger partial charge in [-0.3, -0.25) is 9.69 Å². The van der Waals surface area contributed by atoms with E-state index in [1.165, 1.54) is 0 Å². The minimum atomic E-state index is -0.619. The summed E-state index contributed by atoms with van der Waals surface area (Å²) in [7, 11) is 2.04. The lowest BCUT2D eigenvalue weighted by Crippen LogP contribution is -2.46. The number of esters is 1. The average molecular weight is 625 g/mol. The van der Waals surface area contributed by atoms with Crippen molar-refractivity contribution in [3.05, 3.63) is 173 Å². The highest BCUT2D eigenvalue weighted by Gasteiger charge is 2.43. The molecule has 3 aliphatic rings. The fraction of sp³-hybridized carbons (Fsp3) is 0.220. The van der Waals surface area contributed by atoms with Gasteiger partial charge in [0.05, 0.1) is 18.7 Å². The number of carbonyl (C=O) groups is 2. The number of allylic oxidation sites excluding steroid dienone is 5. The van der Waals surface area contributed by atoms with Gasteiger partial charge in [-0.05, 0) is 61.7 Å². The molecule has 0 radical (unpaired) electrons. The molecule has 6 rings (SSSR count). The van der Waals surface area contributed by atoms with Crippen LogP contribution in [-0.2, 0) is 20.9 Å². The maximum Gasteiger partial charge on any atom is 0.343 e. The molecule has 0 fully saturated rings. The summed E-state index contributed by atoms with van der Waals surface area (Å²) < 4.78 is 12.0. The van der Waals surface area contributed by atoms with Gasteiger partial charge in [0.2, 0.25) is 0 Å². The van der Waals surface area contributed by atoms with Crippen LogP contribution in [0.15, 0.2) is 162 Å². The summed E-state index contributed by atoms with van der Waals surface area (Å²) in [6.07, 6.45) is 15.5. The summed E-state index contributed by atoms with van der Waals surface area (Å²) in [4.78, 5) is 32.5. The van der Waals surface area contributed by atoms with Crippen LogP contribution in [0.2, 0.25) is 0 Å². The molecule has 0 amide bonds. The molecule has 6 nitrogen and oxygen atoms in total. The van der Waals surface area contributed by atoms with Gasteiger partial charge in [-0.1, -0.05) is 109 Å². The lowest BCUT2D eigenvalue weighted by atomic mass is 9.80. The number of para-hydroxylation sites is 1. The SMILES string of the molecule is CCOC(=O)C1=CN(C(C2=CC=CC=CC2)c2ccccc2)C2CC=C(Oc3ccccc3)C(CN(C)Cc3ccccc3)=C2C1=O. The molecule has 0 N–H and O–H groups in total. The first-order valence-corrected chi connectivity index (χ1v) is 16.2. The van der Waals surface area contributed by atoms with Gasteiger partial charge in [0.1, 0.15) is 17.1 Å². The van der Waals surface area contributed by atoms with Gasteiger partial charge >= 0.3 is 5.97 Å². The van der Waals surface area contributed by atoms with Gasteiger partial charge in [-0.15, -0.1) is 0 Å². The minimum absolute atomic E-state index is 0.0310. The van der Waals surface area contributed by atoms with E-state index in [-0.39, 0.29) is 30.0 Å². The molecule has 0 aromatic heterocycles. The Morgan fingerprint density at radius 3 is 2.34 bits per heavy atom. The van der Waals surface area contributed by atoms with Crippen LogP contribution in [0.25, 0.3) is 0 Å². The van der Waals surface area contributed by atoms with Gasteiger partial charge in [0.25, 0.3) is 0 Å². The number of fused-ring (bicyclic) bond motifs is 1. The van der Waals surface area contributed by atoms with Crippen molar-refractivity contribution < 1.29 is 19.1 Å². The van der Waals surface area contributed by atoms with Crippen LogP contribution in [0.4, 0.5) is 0 Å². The second-order valence-corrected chi connectivity index (χ2v) is 11.9. The van der Waals surface area contributed by atoms with E-state index in [9.17, 15) is 9.59 Å². The molecule has 2 unspecified atom stereocenters. The molecular formula is C41H40N2O4. The zero-order valence-electron chi connectivity index (χ0n) is 26.9. The third-order valence-electron chi connectivity index (χ3n) is 8.59. The quantitative estimate of drug-likeness (QED) is 0.161. The lowest BCUT2D eigenvalue weighted by molar-refractivity contribution is -0.140. The molecule has 0 saturated carbocycles. The monoisotopic (exact) mass is 624 g/mol. The van der Waals surface area contributed by atoms with Crippen LogP contribution in [0, 0.1) is 0 Å². The first-order chi connectivity index (χ1) is 23.0. The average Bonchev–Trinajstić information content (AvgIpc) is 3.38. The number of nitrogens with zero attached hydrogens (tertiary/aromatic N) is 2. The molecule has 47 heavy (non-hydrogen) atoms. The Bertz CT molecular complexity index is 1770. The van der Waals surface area contributed by atoms with Crippen molar-refractivity contribution in [3.8, 4) is 5.75 Å². The van der Waals surface area contributed by atoms with Crippen LogP contribution in [0.1, 0.15) is 36.9 Å². The maximum atomic E-state index is 14.6. The Morgan fingerprint density at radius 2 is 1.62 bits per heavy atom. The predicted octanol–water partition coefficient (Wildman–Crippen LogP) is 7.67. The number of hydrogen-bond donors (Lipinski definition) is 0. The smallest absolute Gasteiger partial charge is 0.343 e. The molecule has 1 aliphatic heterocycles. The number of ketones is 1. The fourth-order valence-corrected chi connectivity index (χ4v) is 6.52. The predicted molar refractivity (Wildman–Crippen MR) is 185 cm³/mol. The molecule has 2 aliphatic carbocycles. The number of Topliss-reactive ketones (excluding diaryl/α,β-unsaturated/α-hetero) is 1. The van der Waals surface area contributed by atoms with E-state index in [0.29, 0.717) is 36.6 Å². The van der Waals surface area contributed by atoms with E-state index in [4.69, 9.17) is 9.47 Å². The van der Waals surface area contributed by atoms with E-state index in [0.717, 1.165) is 28.7 Å². The van der Waals surface area contributed by atoms with E-state index >= 15 is 0 Å². The van der Waals surface area contributed by atoms with Crippen molar-refractivity contribution in [2.24, 2.45) is 0 Å². The van der Waals surface area contributed by atoms with Crippen molar-refractivity contribution in [1.82, 2.24) is 9.80 Å². The molecule has 2 atom stereocenters.